The van der Waals surface area contributed by atoms with E-state index < -0.39 is 10.0 Å². The molecular weight excluding hydrogens is 280 g/mol. The van der Waals surface area contributed by atoms with Gasteiger partial charge in [-0.05, 0) is 39.1 Å². The van der Waals surface area contributed by atoms with E-state index in [4.69, 9.17) is 11.6 Å². The highest BCUT2D eigenvalue weighted by Gasteiger charge is 2.16. The monoisotopic (exact) mass is 296 g/mol. The smallest absolute Gasteiger partial charge is 0.212 e. The first-order valence-corrected chi connectivity index (χ1v) is 8.19. The minimum Gasteiger partial charge on any atom is -0.320 e. The van der Waals surface area contributed by atoms with Gasteiger partial charge >= 0.3 is 0 Å². The lowest BCUT2D eigenvalue weighted by Gasteiger charge is -2.12. The van der Waals surface area contributed by atoms with E-state index in [1.165, 1.54) is 11.3 Å². The van der Waals surface area contributed by atoms with E-state index in [1.807, 2.05) is 13.0 Å². The number of hydrogen-bond donors (Lipinski definition) is 2. The summed E-state index contributed by atoms with van der Waals surface area (Å²) in [6.45, 7) is 2.51. The zero-order valence-electron chi connectivity index (χ0n) is 9.86. The predicted molar refractivity (Wildman–Crippen MR) is 73.2 cm³/mol. The average molecular weight is 297 g/mol. The van der Waals surface area contributed by atoms with Gasteiger partial charge in [0.1, 0.15) is 0 Å². The van der Waals surface area contributed by atoms with Crippen LogP contribution < -0.4 is 10.0 Å². The third kappa shape index (κ3) is 5.35. The van der Waals surface area contributed by atoms with Crippen LogP contribution in [0.2, 0.25) is 4.34 Å². The van der Waals surface area contributed by atoms with Crippen molar-refractivity contribution in [1.29, 1.82) is 0 Å². The quantitative estimate of drug-likeness (QED) is 0.757. The molecule has 0 saturated carbocycles. The summed E-state index contributed by atoms with van der Waals surface area (Å²) in [4.78, 5) is 0.923. The summed E-state index contributed by atoms with van der Waals surface area (Å²) in [5.74, 6) is 0.136. The fourth-order valence-electron chi connectivity index (χ4n) is 1.39. The fraction of sp³-hybridized carbons (Fsp3) is 0.600. The molecule has 1 aromatic rings. The zero-order chi connectivity index (χ0) is 12.9. The highest BCUT2D eigenvalue weighted by Crippen LogP contribution is 2.26. The lowest BCUT2D eigenvalue weighted by molar-refractivity contribution is 0.564. The molecule has 0 aliphatic rings. The van der Waals surface area contributed by atoms with Gasteiger partial charge < -0.3 is 5.32 Å². The van der Waals surface area contributed by atoms with Crippen LogP contribution in [0.25, 0.3) is 0 Å². The Morgan fingerprint density at radius 2 is 2.18 bits per heavy atom. The number of sulfonamides is 1. The van der Waals surface area contributed by atoms with Crippen LogP contribution in [-0.4, -0.2) is 27.8 Å². The van der Waals surface area contributed by atoms with Crippen LogP contribution >= 0.6 is 22.9 Å². The minimum atomic E-state index is -3.22. The SMILES string of the molecule is CNCCCS(=O)(=O)NC(C)c1ccc(Cl)s1. The van der Waals surface area contributed by atoms with Gasteiger partial charge in [-0.1, -0.05) is 11.6 Å². The molecule has 0 aromatic carbocycles. The van der Waals surface area contributed by atoms with E-state index in [-0.39, 0.29) is 11.8 Å². The van der Waals surface area contributed by atoms with Crippen LogP contribution in [-0.2, 0) is 10.0 Å². The van der Waals surface area contributed by atoms with Crippen molar-refractivity contribution in [3.8, 4) is 0 Å². The number of hydrogen-bond acceptors (Lipinski definition) is 4. The third-order valence-electron chi connectivity index (χ3n) is 2.22. The number of nitrogens with one attached hydrogen (secondary N) is 2. The molecule has 0 fully saturated rings. The predicted octanol–water partition coefficient (Wildman–Crippen LogP) is 1.99. The van der Waals surface area contributed by atoms with Crippen molar-refractivity contribution in [2.45, 2.75) is 19.4 Å². The van der Waals surface area contributed by atoms with Crippen molar-refractivity contribution < 1.29 is 8.42 Å². The van der Waals surface area contributed by atoms with Crippen molar-refractivity contribution in [2.75, 3.05) is 19.3 Å². The van der Waals surface area contributed by atoms with Gasteiger partial charge in [-0.15, -0.1) is 11.3 Å². The Bertz CT molecular complexity index is 445. The van der Waals surface area contributed by atoms with Gasteiger partial charge in [0, 0.05) is 4.88 Å². The normalized spacial score (nSPS) is 13.8. The molecule has 7 heteroatoms. The molecule has 0 amide bonds. The fourth-order valence-corrected chi connectivity index (χ4v) is 3.83. The Morgan fingerprint density at radius 3 is 2.71 bits per heavy atom. The Hall–Kier alpha value is -0.140. The van der Waals surface area contributed by atoms with Crippen molar-refractivity contribution in [2.24, 2.45) is 0 Å². The Morgan fingerprint density at radius 1 is 1.47 bits per heavy atom. The molecule has 0 spiro atoms. The first kappa shape index (κ1) is 14.9. The van der Waals surface area contributed by atoms with Crippen LogP contribution in [0.5, 0.6) is 0 Å². The van der Waals surface area contributed by atoms with Gasteiger partial charge in [-0.25, -0.2) is 13.1 Å². The van der Waals surface area contributed by atoms with Crippen molar-refractivity contribution in [1.82, 2.24) is 10.0 Å². The Balaban J connectivity index is 2.52. The highest BCUT2D eigenvalue weighted by molar-refractivity contribution is 7.89. The number of rotatable bonds is 7. The number of halogens is 1. The molecule has 0 radical (unpaired) electrons. The lowest BCUT2D eigenvalue weighted by atomic mass is 10.3. The maximum absolute atomic E-state index is 11.7. The van der Waals surface area contributed by atoms with Gasteiger partial charge in [0.25, 0.3) is 0 Å². The third-order valence-corrected chi connectivity index (χ3v) is 5.17. The van der Waals surface area contributed by atoms with Gasteiger partial charge in [0.2, 0.25) is 10.0 Å². The molecule has 1 rings (SSSR count). The largest absolute Gasteiger partial charge is 0.320 e. The van der Waals surface area contributed by atoms with E-state index in [2.05, 4.69) is 10.0 Å². The first-order chi connectivity index (χ1) is 7.94. The molecule has 4 nitrogen and oxygen atoms in total. The Kier molecular flexibility index (Phi) is 5.88. The summed E-state index contributed by atoms with van der Waals surface area (Å²) in [5.41, 5.74) is 0. The first-order valence-electron chi connectivity index (χ1n) is 5.34. The summed E-state index contributed by atoms with van der Waals surface area (Å²) in [6, 6.07) is 3.38. The molecule has 1 aromatic heterocycles. The van der Waals surface area contributed by atoms with Crippen molar-refractivity contribution in [3.63, 3.8) is 0 Å². The van der Waals surface area contributed by atoms with Crippen LogP contribution in [0.1, 0.15) is 24.3 Å². The summed E-state index contributed by atoms with van der Waals surface area (Å²) >= 11 is 7.20. The van der Waals surface area contributed by atoms with Gasteiger partial charge in [-0.2, -0.15) is 0 Å². The number of thiophene rings is 1. The molecule has 17 heavy (non-hydrogen) atoms. The second-order valence-corrected chi connectivity index (χ2v) is 7.38. The molecule has 1 unspecified atom stereocenters. The van der Waals surface area contributed by atoms with E-state index in [1.54, 1.807) is 13.1 Å². The van der Waals surface area contributed by atoms with Crippen molar-refractivity contribution >= 4 is 33.0 Å². The standard InChI is InChI=1S/C10H17ClN2O2S2/c1-8(9-4-5-10(11)16-9)13-17(14,15)7-3-6-12-2/h4-5,8,12-13H,3,6-7H2,1-2H3. The van der Waals surface area contributed by atoms with E-state index >= 15 is 0 Å². The lowest BCUT2D eigenvalue weighted by Crippen LogP contribution is -2.29. The van der Waals surface area contributed by atoms with E-state index in [9.17, 15) is 8.42 Å². The minimum absolute atomic E-state index is 0.136. The maximum atomic E-state index is 11.7. The van der Waals surface area contributed by atoms with Crippen LogP contribution in [0, 0.1) is 0 Å². The van der Waals surface area contributed by atoms with Gasteiger partial charge in [0.15, 0.2) is 0 Å². The molecule has 1 atom stereocenters. The Labute approximate surface area is 111 Å². The average Bonchev–Trinajstić information content (AvgIpc) is 2.64. The molecule has 2 N–H and O–H groups in total. The van der Waals surface area contributed by atoms with Crippen LogP contribution in [0.4, 0.5) is 0 Å². The molecule has 0 aliphatic heterocycles. The van der Waals surface area contributed by atoms with Crippen molar-refractivity contribution in [3.05, 3.63) is 21.3 Å². The summed E-state index contributed by atoms with van der Waals surface area (Å²) in [6.07, 6.45) is 0.601. The second kappa shape index (κ2) is 6.70. The van der Waals surface area contributed by atoms with E-state index in [0.717, 1.165) is 4.88 Å². The summed E-state index contributed by atoms with van der Waals surface area (Å²) < 4.78 is 26.8. The second-order valence-electron chi connectivity index (χ2n) is 3.76. The molecule has 0 aliphatic carbocycles. The highest BCUT2D eigenvalue weighted by atomic mass is 35.5. The van der Waals surface area contributed by atoms with Crippen LogP contribution in [0.15, 0.2) is 12.1 Å². The van der Waals surface area contributed by atoms with Gasteiger partial charge in [0.05, 0.1) is 16.1 Å². The van der Waals surface area contributed by atoms with Gasteiger partial charge in [-0.3, -0.25) is 0 Å². The maximum Gasteiger partial charge on any atom is 0.212 e. The van der Waals surface area contributed by atoms with Crippen LogP contribution in [0.3, 0.4) is 0 Å². The summed E-state index contributed by atoms with van der Waals surface area (Å²) in [5, 5.41) is 2.92. The molecular formula is C10H17ClN2O2S2. The topological polar surface area (TPSA) is 58.2 Å². The molecule has 98 valence electrons. The summed E-state index contributed by atoms with van der Waals surface area (Å²) in [7, 11) is -1.42. The molecule has 0 bridgehead atoms. The molecule has 0 saturated heterocycles. The molecule has 1 heterocycles. The van der Waals surface area contributed by atoms with E-state index in [0.29, 0.717) is 17.3 Å². The zero-order valence-corrected chi connectivity index (χ0v) is 12.3.